The van der Waals surface area contributed by atoms with Crippen LogP contribution in [0.2, 0.25) is 0 Å². The Labute approximate surface area is 127 Å². The summed E-state index contributed by atoms with van der Waals surface area (Å²) in [5.74, 6) is 0.00533. The molecular weight excluding hydrogens is 312 g/mol. The van der Waals surface area contributed by atoms with Crippen molar-refractivity contribution in [3.8, 4) is 0 Å². The molecule has 1 saturated heterocycles. The number of hydrogen-bond donors (Lipinski definition) is 1. The number of amides is 1. The van der Waals surface area contributed by atoms with Gasteiger partial charge in [-0.15, -0.1) is 0 Å². The highest BCUT2D eigenvalue weighted by Crippen LogP contribution is 2.11. The van der Waals surface area contributed by atoms with Crippen LogP contribution < -0.4 is 11.2 Å². The smallest absolute Gasteiger partial charge is 0.328 e. The van der Waals surface area contributed by atoms with Crippen molar-refractivity contribution in [1.29, 1.82) is 0 Å². The lowest BCUT2D eigenvalue weighted by molar-refractivity contribution is -0.127. The number of aromatic nitrogens is 2. The summed E-state index contributed by atoms with van der Waals surface area (Å²) in [6.07, 6.45) is 2.25. The van der Waals surface area contributed by atoms with E-state index in [1.807, 2.05) is 4.98 Å². The van der Waals surface area contributed by atoms with Crippen LogP contribution in [-0.2, 0) is 21.9 Å². The Morgan fingerprint density at radius 3 is 2.59 bits per heavy atom. The Morgan fingerprint density at radius 2 is 2.00 bits per heavy atom. The molecule has 22 heavy (non-hydrogen) atoms. The van der Waals surface area contributed by atoms with Gasteiger partial charge in [-0.2, -0.15) is 4.31 Å². The van der Waals surface area contributed by atoms with Crippen molar-refractivity contribution < 1.29 is 13.2 Å². The van der Waals surface area contributed by atoms with Gasteiger partial charge in [0.25, 0.3) is 5.56 Å². The molecule has 2 heterocycles. The largest absolute Gasteiger partial charge is 0.341 e. The third kappa shape index (κ3) is 3.12. The van der Waals surface area contributed by atoms with Crippen LogP contribution in [0, 0.1) is 0 Å². The van der Waals surface area contributed by atoms with Gasteiger partial charge in [-0.25, -0.2) is 13.2 Å². The molecule has 10 heteroatoms. The fourth-order valence-electron chi connectivity index (χ4n) is 2.21. The van der Waals surface area contributed by atoms with Crippen LogP contribution in [0.4, 0.5) is 0 Å². The van der Waals surface area contributed by atoms with Gasteiger partial charge in [0.1, 0.15) is 0 Å². The Hall–Kier alpha value is -1.94. The topological polar surface area (TPSA) is 113 Å². The zero-order chi connectivity index (χ0) is 16.5. The summed E-state index contributed by atoms with van der Waals surface area (Å²) in [6.45, 7) is 0.974. The minimum absolute atomic E-state index is 0.00533. The SMILES string of the molecule is CN(CCN1CCCC1=O)S(=O)(=O)c1cn(C)c(=O)[nH]c1=O. The van der Waals surface area contributed by atoms with E-state index in [4.69, 9.17) is 0 Å². The first kappa shape index (κ1) is 16.4. The lowest BCUT2D eigenvalue weighted by Crippen LogP contribution is -2.40. The number of aromatic amines is 1. The van der Waals surface area contributed by atoms with Crippen LogP contribution in [0.1, 0.15) is 12.8 Å². The van der Waals surface area contributed by atoms with E-state index >= 15 is 0 Å². The number of hydrogen-bond acceptors (Lipinski definition) is 5. The standard InChI is InChI=1S/C12H18N4O5S/c1-14-8-9(11(18)13-12(14)19)22(20,21)15(2)6-7-16-5-3-4-10(16)17/h8H,3-7H2,1-2H3,(H,13,18,19). The molecule has 122 valence electrons. The van der Waals surface area contributed by atoms with Gasteiger partial charge in [-0.1, -0.05) is 0 Å². The van der Waals surface area contributed by atoms with Crippen LogP contribution >= 0.6 is 0 Å². The first-order chi connectivity index (χ1) is 10.2. The molecule has 1 N–H and O–H groups in total. The van der Waals surface area contributed by atoms with Crippen molar-refractivity contribution >= 4 is 15.9 Å². The molecule has 1 aliphatic rings. The number of H-pyrrole nitrogens is 1. The highest BCUT2D eigenvalue weighted by atomic mass is 32.2. The molecule has 0 unspecified atom stereocenters. The second-order valence-electron chi connectivity index (χ2n) is 5.17. The van der Waals surface area contributed by atoms with Gasteiger partial charge >= 0.3 is 5.69 Å². The number of carbonyl (C=O) groups excluding carboxylic acids is 1. The average Bonchev–Trinajstić information content (AvgIpc) is 2.85. The first-order valence-corrected chi connectivity index (χ1v) is 8.21. The van der Waals surface area contributed by atoms with Crippen LogP contribution in [0.15, 0.2) is 20.7 Å². The highest BCUT2D eigenvalue weighted by Gasteiger charge is 2.27. The van der Waals surface area contributed by atoms with Gasteiger partial charge < -0.3 is 9.47 Å². The quantitative estimate of drug-likeness (QED) is 0.693. The van der Waals surface area contributed by atoms with E-state index in [0.717, 1.165) is 21.5 Å². The van der Waals surface area contributed by atoms with Crippen LogP contribution in [0.3, 0.4) is 0 Å². The molecule has 1 aromatic rings. The fourth-order valence-corrected chi connectivity index (χ4v) is 3.45. The molecule has 9 nitrogen and oxygen atoms in total. The number of likely N-dealkylation sites (tertiary alicyclic amines) is 1. The minimum atomic E-state index is -4.03. The monoisotopic (exact) mass is 330 g/mol. The average molecular weight is 330 g/mol. The second-order valence-corrected chi connectivity index (χ2v) is 7.19. The molecule has 1 aliphatic heterocycles. The van der Waals surface area contributed by atoms with Gasteiger partial charge in [-0.05, 0) is 6.42 Å². The van der Waals surface area contributed by atoms with Gasteiger partial charge in [-0.3, -0.25) is 14.6 Å². The molecule has 0 bridgehead atoms. The number of aryl methyl sites for hydroxylation is 1. The number of nitrogens with one attached hydrogen (secondary N) is 1. The number of carbonyl (C=O) groups is 1. The van der Waals surface area contributed by atoms with E-state index in [9.17, 15) is 22.8 Å². The van der Waals surface area contributed by atoms with E-state index < -0.39 is 26.2 Å². The van der Waals surface area contributed by atoms with E-state index in [1.165, 1.54) is 14.1 Å². The van der Waals surface area contributed by atoms with Crippen LogP contribution in [0.25, 0.3) is 0 Å². The predicted molar refractivity (Wildman–Crippen MR) is 77.9 cm³/mol. The van der Waals surface area contributed by atoms with E-state index in [2.05, 4.69) is 0 Å². The maximum atomic E-state index is 12.4. The Bertz CT molecular complexity index is 794. The van der Waals surface area contributed by atoms with Crippen molar-refractivity contribution in [3.05, 3.63) is 27.0 Å². The number of rotatable bonds is 5. The normalized spacial score (nSPS) is 15.8. The highest BCUT2D eigenvalue weighted by molar-refractivity contribution is 7.89. The van der Waals surface area contributed by atoms with Gasteiger partial charge in [0.05, 0.1) is 0 Å². The van der Waals surface area contributed by atoms with Crippen molar-refractivity contribution in [2.24, 2.45) is 7.05 Å². The molecule has 0 aromatic carbocycles. The lowest BCUT2D eigenvalue weighted by Gasteiger charge is -2.21. The molecule has 2 rings (SSSR count). The van der Waals surface area contributed by atoms with E-state index in [0.29, 0.717) is 13.0 Å². The molecule has 0 radical (unpaired) electrons. The Balaban J connectivity index is 2.19. The Morgan fingerprint density at radius 1 is 1.32 bits per heavy atom. The molecule has 0 spiro atoms. The molecule has 0 aliphatic carbocycles. The van der Waals surface area contributed by atoms with Gasteiger partial charge in [0, 0.05) is 46.3 Å². The lowest BCUT2D eigenvalue weighted by atomic mass is 10.4. The third-order valence-electron chi connectivity index (χ3n) is 3.62. The number of sulfonamides is 1. The van der Waals surface area contributed by atoms with Crippen molar-refractivity contribution in [1.82, 2.24) is 18.8 Å². The molecule has 0 saturated carbocycles. The van der Waals surface area contributed by atoms with Gasteiger partial charge in [0.2, 0.25) is 15.9 Å². The fraction of sp³-hybridized carbons (Fsp3) is 0.583. The predicted octanol–water partition coefficient (Wildman–Crippen LogP) is -1.68. The second kappa shape index (κ2) is 6.05. The van der Waals surface area contributed by atoms with Crippen molar-refractivity contribution in [2.45, 2.75) is 17.7 Å². The summed E-state index contributed by atoms with van der Waals surface area (Å²) in [5, 5.41) is 0. The summed E-state index contributed by atoms with van der Waals surface area (Å²) in [5.41, 5.74) is -1.64. The molecule has 1 fully saturated rings. The molecule has 1 amide bonds. The third-order valence-corrected chi connectivity index (χ3v) is 5.47. The summed E-state index contributed by atoms with van der Waals surface area (Å²) in [4.78, 5) is 37.6. The van der Waals surface area contributed by atoms with Crippen molar-refractivity contribution in [3.63, 3.8) is 0 Å². The van der Waals surface area contributed by atoms with E-state index in [-0.39, 0.29) is 19.0 Å². The molecule has 1 aromatic heterocycles. The summed E-state index contributed by atoms with van der Waals surface area (Å²) < 4.78 is 26.8. The zero-order valence-electron chi connectivity index (χ0n) is 12.4. The number of likely N-dealkylation sites (N-methyl/N-ethyl adjacent to an activating group) is 1. The summed E-state index contributed by atoms with van der Waals surface area (Å²) >= 11 is 0. The minimum Gasteiger partial charge on any atom is -0.341 e. The van der Waals surface area contributed by atoms with Crippen LogP contribution in [-0.4, -0.2) is 59.8 Å². The van der Waals surface area contributed by atoms with Crippen molar-refractivity contribution in [2.75, 3.05) is 26.7 Å². The zero-order valence-corrected chi connectivity index (χ0v) is 13.2. The molecular formula is C12H18N4O5S. The Kier molecular flexibility index (Phi) is 4.52. The van der Waals surface area contributed by atoms with Crippen LogP contribution in [0.5, 0.6) is 0 Å². The first-order valence-electron chi connectivity index (χ1n) is 6.77. The number of nitrogens with zero attached hydrogens (tertiary/aromatic N) is 3. The molecule has 0 atom stereocenters. The van der Waals surface area contributed by atoms with E-state index in [1.54, 1.807) is 4.90 Å². The van der Waals surface area contributed by atoms with Gasteiger partial charge in [0.15, 0.2) is 4.90 Å². The maximum absolute atomic E-state index is 12.4. The summed E-state index contributed by atoms with van der Waals surface area (Å²) in [7, 11) is -1.35. The summed E-state index contributed by atoms with van der Waals surface area (Å²) in [6, 6.07) is 0. The maximum Gasteiger partial charge on any atom is 0.328 e.